The van der Waals surface area contributed by atoms with Crippen LogP contribution in [0.2, 0.25) is 0 Å². The normalized spacial score (nSPS) is 15.1. The number of nitrogens with zero attached hydrogens (tertiary/aromatic N) is 1. The highest BCUT2D eigenvalue weighted by Crippen LogP contribution is 2.10. The van der Waals surface area contributed by atoms with Gasteiger partial charge in [-0.1, -0.05) is 64.7 Å². The monoisotopic (exact) mass is 415 g/mol. The van der Waals surface area contributed by atoms with E-state index in [1.165, 1.54) is 70.6 Å². The van der Waals surface area contributed by atoms with E-state index in [1.807, 2.05) is 0 Å². The highest BCUT2D eigenvalue weighted by atomic mass is 32.3. The molecule has 166 valence electrons. The van der Waals surface area contributed by atoms with Crippen molar-refractivity contribution in [1.29, 1.82) is 0 Å². The Morgan fingerprint density at radius 1 is 0.741 bits per heavy atom. The molecule has 4 N–H and O–H groups in total. The highest BCUT2D eigenvalue weighted by Gasteiger charge is 2.20. The maximum atomic E-state index is 10.2. The molecule has 0 saturated heterocycles. The minimum absolute atomic E-state index is 0.0926. The molecule has 0 aliphatic heterocycles. The van der Waals surface area contributed by atoms with Crippen molar-refractivity contribution >= 4 is 10.4 Å². The molecule has 0 aromatic carbocycles. The van der Waals surface area contributed by atoms with Crippen LogP contribution in [-0.2, 0) is 14.6 Å². The van der Waals surface area contributed by atoms with Gasteiger partial charge in [0.2, 0.25) is 0 Å². The third-order valence-corrected chi connectivity index (χ3v) is 4.49. The maximum Gasteiger partial charge on any atom is 0.397 e. The SMILES string of the molecule is CC(O)N(C(C)O)C(C)O.CCCCCCCCCCCCOS(=O)(=O)O. The zero-order valence-corrected chi connectivity index (χ0v) is 18.2. The molecule has 8 nitrogen and oxygen atoms in total. The summed E-state index contributed by atoms with van der Waals surface area (Å²) in [5.74, 6) is 0. The van der Waals surface area contributed by atoms with Gasteiger partial charge in [-0.2, -0.15) is 8.42 Å². The summed E-state index contributed by atoms with van der Waals surface area (Å²) in [6.45, 7) is 6.77. The Hall–Kier alpha value is -0.290. The Balaban J connectivity index is 0. The molecule has 0 aromatic heterocycles. The van der Waals surface area contributed by atoms with E-state index in [0.717, 1.165) is 12.8 Å². The van der Waals surface area contributed by atoms with Gasteiger partial charge in [0.15, 0.2) is 0 Å². The molecule has 0 aromatic rings. The van der Waals surface area contributed by atoms with Crippen LogP contribution in [0, 0.1) is 0 Å². The van der Waals surface area contributed by atoms with E-state index in [4.69, 9.17) is 19.9 Å². The van der Waals surface area contributed by atoms with E-state index >= 15 is 0 Å². The van der Waals surface area contributed by atoms with Crippen LogP contribution in [0.5, 0.6) is 0 Å². The Labute approximate surface area is 165 Å². The van der Waals surface area contributed by atoms with Gasteiger partial charge in [-0.15, -0.1) is 0 Å². The van der Waals surface area contributed by atoms with Crippen LogP contribution >= 0.6 is 0 Å². The molecule has 0 heterocycles. The standard InChI is InChI=1S/C12H26O4S.C6H15NO3/c1-2-3-4-5-6-7-8-9-10-11-12-16-17(13,14)15;1-4(8)7(5(2)9)6(3)10/h2-12H2,1H3,(H,13,14,15);4-6,8-10H,1-3H3. The fourth-order valence-corrected chi connectivity index (χ4v) is 3.02. The Bertz CT molecular complexity index is 395. The summed E-state index contributed by atoms with van der Waals surface area (Å²) in [6.07, 6.45) is 9.35. The van der Waals surface area contributed by atoms with E-state index in [-0.39, 0.29) is 6.61 Å². The average Bonchev–Trinajstić information content (AvgIpc) is 2.51. The van der Waals surface area contributed by atoms with Crippen molar-refractivity contribution in [2.75, 3.05) is 6.61 Å². The fourth-order valence-electron chi connectivity index (χ4n) is 2.69. The lowest BCUT2D eigenvalue weighted by atomic mass is 10.1. The molecule has 0 saturated carbocycles. The quantitative estimate of drug-likeness (QED) is 0.183. The molecule has 0 spiro atoms. The van der Waals surface area contributed by atoms with Crippen LogP contribution in [0.25, 0.3) is 0 Å². The van der Waals surface area contributed by atoms with E-state index < -0.39 is 29.1 Å². The molecule has 0 aliphatic rings. The first-order valence-corrected chi connectivity index (χ1v) is 11.3. The average molecular weight is 416 g/mol. The minimum Gasteiger partial charge on any atom is -0.379 e. The Morgan fingerprint density at radius 3 is 1.33 bits per heavy atom. The zero-order chi connectivity index (χ0) is 21.3. The third kappa shape index (κ3) is 21.9. The van der Waals surface area contributed by atoms with Crippen molar-refractivity contribution in [2.24, 2.45) is 0 Å². The summed E-state index contributed by atoms with van der Waals surface area (Å²) in [6, 6.07) is 0. The summed E-state index contributed by atoms with van der Waals surface area (Å²) in [5, 5.41) is 26.9. The van der Waals surface area contributed by atoms with Crippen LogP contribution < -0.4 is 0 Å². The number of rotatable bonds is 15. The molecule has 0 radical (unpaired) electrons. The van der Waals surface area contributed by atoms with Gasteiger partial charge in [0, 0.05) is 0 Å². The van der Waals surface area contributed by atoms with Gasteiger partial charge in [-0.25, -0.2) is 9.08 Å². The molecule has 3 unspecified atom stereocenters. The molecule has 0 rings (SSSR count). The van der Waals surface area contributed by atoms with Crippen LogP contribution in [0.1, 0.15) is 91.9 Å². The van der Waals surface area contributed by atoms with Crippen LogP contribution in [0.3, 0.4) is 0 Å². The van der Waals surface area contributed by atoms with Gasteiger partial charge in [-0.3, -0.25) is 4.55 Å². The molecular formula is C18H41NO7S. The third-order valence-electron chi connectivity index (χ3n) is 4.02. The van der Waals surface area contributed by atoms with Gasteiger partial charge in [-0.05, 0) is 27.2 Å². The number of unbranched alkanes of at least 4 members (excludes halogenated alkanes) is 9. The molecule has 0 bridgehead atoms. The summed E-state index contributed by atoms with van der Waals surface area (Å²) in [5.41, 5.74) is 0. The lowest BCUT2D eigenvalue weighted by molar-refractivity contribution is -0.159. The van der Waals surface area contributed by atoms with Crippen LogP contribution in [0.4, 0.5) is 0 Å². The molecule has 9 heteroatoms. The first-order valence-electron chi connectivity index (χ1n) is 9.96. The maximum absolute atomic E-state index is 10.2. The molecule has 0 amide bonds. The Morgan fingerprint density at radius 2 is 1.07 bits per heavy atom. The lowest BCUT2D eigenvalue weighted by Crippen LogP contribution is -2.45. The van der Waals surface area contributed by atoms with Crippen molar-refractivity contribution in [3.8, 4) is 0 Å². The number of aliphatic hydroxyl groups excluding tert-OH is 3. The molecule has 27 heavy (non-hydrogen) atoms. The van der Waals surface area contributed by atoms with E-state index in [2.05, 4.69) is 11.1 Å². The highest BCUT2D eigenvalue weighted by molar-refractivity contribution is 7.80. The smallest absolute Gasteiger partial charge is 0.379 e. The van der Waals surface area contributed by atoms with E-state index in [0.29, 0.717) is 6.42 Å². The summed E-state index contributed by atoms with van der Waals surface area (Å²) >= 11 is 0. The van der Waals surface area contributed by atoms with Crippen molar-refractivity contribution in [3.05, 3.63) is 0 Å². The first kappa shape index (κ1) is 28.9. The number of hydrogen-bond donors (Lipinski definition) is 4. The van der Waals surface area contributed by atoms with Gasteiger partial charge in [0.1, 0.15) is 18.7 Å². The van der Waals surface area contributed by atoms with Gasteiger partial charge in [0.05, 0.1) is 6.61 Å². The van der Waals surface area contributed by atoms with Crippen molar-refractivity contribution in [3.63, 3.8) is 0 Å². The molecule has 3 atom stereocenters. The van der Waals surface area contributed by atoms with Gasteiger partial charge in [0.25, 0.3) is 0 Å². The Kier molecular flexibility index (Phi) is 19.0. The lowest BCUT2D eigenvalue weighted by Gasteiger charge is -2.30. The second kappa shape index (κ2) is 17.8. The number of aliphatic hydroxyl groups is 3. The largest absolute Gasteiger partial charge is 0.397 e. The fraction of sp³-hybridized carbons (Fsp3) is 1.00. The van der Waals surface area contributed by atoms with Gasteiger partial charge >= 0.3 is 10.4 Å². The van der Waals surface area contributed by atoms with Gasteiger partial charge < -0.3 is 15.3 Å². The predicted octanol–water partition coefficient (Wildman–Crippen LogP) is 3.03. The number of hydrogen-bond acceptors (Lipinski definition) is 7. The van der Waals surface area contributed by atoms with Crippen LogP contribution in [0.15, 0.2) is 0 Å². The van der Waals surface area contributed by atoms with Crippen molar-refractivity contribution in [2.45, 2.75) is 111 Å². The predicted molar refractivity (Wildman–Crippen MR) is 106 cm³/mol. The topological polar surface area (TPSA) is 128 Å². The summed E-state index contributed by atoms with van der Waals surface area (Å²) in [7, 11) is -4.23. The van der Waals surface area contributed by atoms with Crippen molar-refractivity contribution in [1.82, 2.24) is 4.90 Å². The first-order chi connectivity index (χ1) is 12.5. The minimum atomic E-state index is -4.23. The summed E-state index contributed by atoms with van der Waals surface area (Å²) < 4.78 is 33.0. The summed E-state index contributed by atoms with van der Waals surface area (Å²) in [4.78, 5) is 1.17. The second-order valence-electron chi connectivity index (χ2n) is 6.77. The van der Waals surface area contributed by atoms with Crippen molar-refractivity contribution < 1.29 is 32.5 Å². The molecule has 0 aliphatic carbocycles. The molecular weight excluding hydrogens is 374 g/mol. The zero-order valence-electron chi connectivity index (χ0n) is 17.4. The molecule has 0 fully saturated rings. The van der Waals surface area contributed by atoms with E-state index in [1.54, 1.807) is 0 Å². The second-order valence-corrected chi connectivity index (χ2v) is 7.87. The van der Waals surface area contributed by atoms with Crippen LogP contribution in [-0.4, -0.2) is 58.5 Å². The van der Waals surface area contributed by atoms with E-state index in [9.17, 15) is 8.42 Å².